The molecule has 5 nitrogen and oxygen atoms in total. The van der Waals surface area contributed by atoms with Gasteiger partial charge in [-0.05, 0) is 61.0 Å². The Morgan fingerprint density at radius 1 is 0.933 bits per heavy atom. The van der Waals surface area contributed by atoms with Crippen LogP contribution in [-0.2, 0) is 0 Å². The first kappa shape index (κ1) is 20.4. The van der Waals surface area contributed by atoms with Crippen LogP contribution in [0.1, 0.15) is 16.2 Å². The van der Waals surface area contributed by atoms with Crippen molar-refractivity contribution in [3.8, 4) is 17.1 Å². The Balaban J connectivity index is 1.81. The second-order valence-corrected chi connectivity index (χ2v) is 7.82. The number of nitrogens with zero attached hydrogens (tertiary/aromatic N) is 3. The first-order chi connectivity index (χ1) is 14.4. The van der Waals surface area contributed by atoms with E-state index < -0.39 is 5.91 Å². The number of aromatic nitrogens is 3. The zero-order valence-electron chi connectivity index (χ0n) is 15.7. The molecule has 8 heteroatoms. The normalized spacial score (nSPS) is 10.8. The maximum absolute atomic E-state index is 12.8. The second-order valence-electron chi connectivity index (χ2n) is 6.54. The summed E-state index contributed by atoms with van der Waals surface area (Å²) in [5.41, 5.74) is 2.88. The molecule has 1 N–H and O–H groups in total. The van der Waals surface area contributed by atoms with E-state index in [0.29, 0.717) is 26.6 Å². The number of halogens is 3. The predicted molar refractivity (Wildman–Crippen MR) is 121 cm³/mol. The summed E-state index contributed by atoms with van der Waals surface area (Å²) in [4.78, 5) is 17.3. The number of hydrogen-bond acceptors (Lipinski definition) is 3. The summed E-state index contributed by atoms with van der Waals surface area (Å²) in [7, 11) is 0. The number of para-hydroxylation sites is 1. The molecule has 150 valence electrons. The van der Waals surface area contributed by atoms with E-state index in [4.69, 9.17) is 34.8 Å². The van der Waals surface area contributed by atoms with Crippen molar-refractivity contribution in [3.05, 3.63) is 93.2 Å². The molecule has 30 heavy (non-hydrogen) atoms. The molecule has 1 heterocycles. The van der Waals surface area contributed by atoms with Gasteiger partial charge in [-0.15, -0.1) is 5.10 Å². The summed E-state index contributed by atoms with van der Waals surface area (Å²) >= 11 is 18.4. The number of hydrogen-bond donors (Lipinski definition) is 1. The highest BCUT2D eigenvalue weighted by Gasteiger charge is 2.20. The van der Waals surface area contributed by atoms with Gasteiger partial charge >= 0.3 is 0 Å². The fourth-order valence-corrected chi connectivity index (χ4v) is 3.39. The maximum atomic E-state index is 12.8. The lowest BCUT2D eigenvalue weighted by atomic mass is 10.2. The summed E-state index contributed by atoms with van der Waals surface area (Å²) in [5, 5.41) is 8.79. The quantitative estimate of drug-likeness (QED) is 0.383. The number of nitrogens with one attached hydrogen (secondary N) is 1. The highest BCUT2D eigenvalue weighted by atomic mass is 35.5. The van der Waals surface area contributed by atoms with Gasteiger partial charge in [-0.2, -0.15) is 0 Å². The third-order valence-corrected chi connectivity index (χ3v) is 5.25. The van der Waals surface area contributed by atoms with Crippen LogP contribution in [0.25, 0.3) is 17.1 Å². The lowest BCUT2D eigenvalue weighted by Gasteiger charge is -2.09. The molecule has 1 aromatic heterocycles. The van der Waals surface area contributed by atoms with Gasteiger partial charge in [-0.3, -0.25) is 4.79 Å². The van der Waals surface area contributed by atoms with Crippen molar-refractivity contribution in [1.82, 2.24) is 14.8 Å². The van der Waals surface area contributed by atoms with Gasteiger partial charge in [0.05, 0.1) is 16.4 Å². The molecule has 0 fully saturated rings. The molecule has 0 unspecified atom stereocenters. The van der Waals surface area contributed by atoms with Crippen molar-refractivity contribution in [2.24, 2.45) is 0 Å². The fourth-order valence-electron chi connectivity index (χ4n) is 2.91. The van der Waals surface area contributed by atoms with Gasteiger partial charge in [0.2, 0.25) is 5.82 Å². The van der Waals surface area contributed by atoms with Crippen LogP contribution in [0.2, 0.25) is 15.1 Å². The Kier molecular flexibility index (Phi) is 5.77. The number of benzene rings is 3. The van der Waals surface area contributed by atoms with Gasteiger partial charge in [0.15, 0.2) is 5.82 Å². The third-order valence-electron chi connectivity index (χ3n) is 4.43. The summed E-state index contributed by atoms with van der Waals surface area (Å²) in [6, 6.07) is 19.6. The van der Waals surface area contributed by atoms with Gasteiger partial charge in [0.1, 0.15) is 0 Å². The zero-order valence-corrected chi connectivity index (χ0v) is 18.0. The first-order valence-electron chi connectivity index (χ1n) is 8.98. The van der Waals surface area contributed by atoms with Crippen LogP contribution in [0.15, 0.2) is 66.7 Å². The van der Waals surface area contributed by atoms with Crippen molar-refractivity contribution >= 4 is 46.4 Å². The largest absolute Gasteiger partial charge is 0.318 e. The molecule has 0 aliphatic carbocycles. The second kappa shape index (κ2) is 8.48. The van der Waals surface area contributed by atoms with Gasteiger partial charge in [-0.25, -0.2) is 9.67 Å². The van der Waals surface area contributed by atoms with Crippen LogP contribution < -0.4 is 5.32 Å². The molecule has 3 aromatic carbocycles. The van der Waals surface area contributed by atoms with Crippen LogP contribution >= 0.6 is 34.8 Å². The van der Waals surface area contributed by atoms with E-state index in [1.165, 1.54) is 0 Å². The van der Waals surface area contributed by atoms with E-state index in [2.05, 4.69) is 15.4 Å². The number of amides is 1. The number of anilines is 1. The van der Waals surface area contributed by atoms with Crippen LogP contribution in [0.5, 0.6) is 0 Å². The standard InChI is InChI=1S/C22H15Cl3N4O/c1-13-6-9-16(24)12-19(13)29-21(14-7-10-15(23)11-8-14)27-20(28-29)22(30)26-18-5-3-2-4-17(18)25/h2-12H,1H3,(H,26,30). The Morgan fingerprint density at radius 2 is 1.63 bits per heavy atom. The molecule has 0 spiro atoms. The van der Waals surface area contributed by atoms with E-state index in [-0.39, 0.29) is 5.82 Å². The third kappa shape index (κ3) is 4.19. The van der Waals surface area contributed by atoms with Crippen LogP contribution in [-0.4, -0.2) is 20.7 Å². The SMILES string of the molecule is Cc1ccc(Cl)cc1-n1nc(C(=O)Nc2ccccc2Cl)nc1-c1ccc(Cl)cc1. The molecular formula is C22H15Cl3N4O. The molecule has 0 saturated carbocycles. The Morgan fingerprint density at radius 3 is 2.37 bits per heavy atom. The van der Waals surface area contributed by atoms with Gasteiger partial charge in [0, 0.05) is 15.6 Å². The van der Waals surface area contributed by atoms with E-state index in [1.807, 2.05) is 25.1 Å². The summed E-state index contributed by atoms with van der Waals surface area (Å²) in [5.74, 6) is 0.0114. The van der Waals surface area contributed by atoms with E-state index >= 15 is 0 Å². The fraction of sp³-hybridized carbons (Fsp3) is 0.0455. The monoisotopic (exact) mass is 456 g/mol. The zero-order chi connectivity index (χ0) is 21.3. The Bertz CT molecular complexity index is 1240. The summed E-state index contributed by atoms with van der Waals surface area (Å²) < 4.78 is 1.60. The predicted octanol–water partition coefficient (Wildman–Crippen LogP) is 6.46. The smallest absolute Gasteiger partial charge is 0.295 e. The van der Waals surface area contributed by atoms with E-state index in [9.17, 15) is 4.79 Å². The Labute approximate surface area is 188 Å². The first-order valence-corrected chi connectivity index (χ1v) is 10.1. The molecule has 4 rings (SSSR count). The lowest BCUT2D eigenvalue weighted by Crippen LogP contribution is -2.14. The topological polar surface area (TPSA) is 59.8 Å². The maximum Gasteiger partial charge on any atom is 0.295 e. The molecule has 0 atom stereocenters. The highest BCUT2D eigenvalue weighted by Crippen LogP contribution is 2.27. The summed E-state index contributed by atoms with van der Waals surface area (Å²) in [6.07, 6.45) is 0. The van der Waals surface area contributed by atoms with E-state index in [0.717, 1.165) is 16.8 Å². The van der Waals surface area contributed by atoms with Crippen molar-refractivity contribution in [2.75, 3.05) is 5.32 Å². The minimum absolute atomic E-state index is 0.000699. The number of aryl methyl sites for hydroxylation is 1. The lowest BCUT2D eigenvalue weighted by molar-refractivity contribution is 0.101. The van der Waals surface area contributed by atoms with Crippen LogP contribution in [0, 0.1) is 6.92 Å². The number of carbonyl (C=O) groups is 1. The minimum atomic E-state index is -0.475. The average molecular weight is 458 g/mol. The molecule has 0 aliphatic heterocycles. The molecule has 1 amide bonds. The van der Waals surface area contributed by atoms with Gasteiger partial charge < -0.3 is 5.32 Å². The molecule has 0 saturated heterocycles. The molecule has 4 aromatic rings. The molecule has 0 radical (unpaired) electrons. The molecule has 0 aliphatic rings. The van der Waals surface area contributed by atoms with Crippen LogP contribution in [0.4, 0.5) is 5.69 Å². The Hall–Kier alpha value is -2.86. The van der Waals surface area contributed by atoms with Gasteiger partial charge in [-0.1, -0.05) is 53.0 Å². The van der Waals surface area contributed by atoms with Crippen molar-refractivity contribution in [2.45, 2.75) is 6.92 Å². The molecule has 0 bridgehead atoms. The van der Waals surface area contributed by atoms with Crippen molar-refractivity contribution < 1.29 is 4.79 Å². The molecular weight excluding hydrogens is 443 g/mol. The summed E-state index contributed by atoms with van der Waals surface area (Å²) in [6.45, 7) is 1.93. The average Bonchev–Trinajstić information content (AvgIpc) is 3.17. The number of rotatable bonds is 4. The minimum Gasteiger partial charge on any atom is -0.318 e. The van der Waals surface area contributed by atoms with Crippen LogP contribution in [0.3, 0.4) is 0 Å². The highest BCUT2D eigenvalue weighted by molar-refractivity contribution is 6.34. The van der Waals surface area contributed by atoms with Gasteiger partial charge in [0.25, 0.3) is 5.91 Å². The number of carbonyl (C=O) groups excluding carboxylic acids is 1. The van der Waals surface area contributed by atoms with Crippen molar-refractivity contribution in [1.29, 1.82) is 0 Å². The van der Waals surface area contributed by atoms with Crippen molar-refractivity contribution in [3.63, 3.8) is 0 Å². The van der Waals surface area contributed by atoms with E-state index in [1.54, 1.807) is 53.2 Å².